The van der Waals surface area contributed by atoms with E-state index in [-0.39, 0.29) is 0 Å². The first-order chi connectivity index (χ1) is 43.0. The number of nitriles is 2. The van der Waals surface area contributed by atoms with Crippen LogP contribution in [0.4, 0.5) is 51.7 Å². The predicted molar refractivity (Wildman–Crippen MR) is 346 cm³/mol. The van der Waals surface area contributed by atoms with Crippen LogP contribution in [0.2, 0.25) is 0 Å². The van der Waals surface area contributed by atoms with Crippen LogP contribution in [0.15, 0.2) is 243 Å². The normalized spacial score (nSPS) is 11.3. The standard InChI is InChI=1S/C66H54N2.C12F4N4/c1-47-17-21-51(22-18-47)55-27-37-59(38-28-55)67(58-35-25-53(26-36-58)49-11-5-3-6-12-49)60-43-33-57(34-44-60)63-45-46-66(65-16-10-9-15-64(63)65)68(61-39-29-54(30-40-61)50-13-7-4-8-14-50)62-41-31-56(32-42-62)52-23-19-48(2)20-24-52;1-19-12(20-2)7-10(15)8(13)6(5(3-17)4-18)9(14)11(7)16/h3-8,11-14,17-46H,9-10,15-16H2,1-2H3;. The first kappa shape index (κ1) is 58.2. The minimum Gasteiger partial charge on any atom is -0.311 e. The van der Waals surface area contributed by atoms with E-state index >= 15 is 0 Å². The summed E-state index contributed by atoms with van der Waals surface area (Å²) < 4.78 is 54.6. The fraction of sp³-hybridized carbons (Fsp3) is 0.0769. The molecule has 0 saturated heterocycles. The quantitative estimate of drug-likeness (QED) is 0.0735. The van der Waals surface area contributed by atoms with Crippen LogP contribution in [0.25, 0.3) is 76.7 Å². The SMILES string of the molecule is Cc1ccc(-c2ccc(N(c3ccc(-c4ccccc4)cc3)c3ccc(-c4ccc(N(c5ccc(-c6ccccc6)cc5)c5ccc(-c6ccc(C)cc6)cc5)c5c4CCCC5)cc3)cc2)cc1.[C-]#[N+]C([N+]#[C-])=c1c(F)c(F)c(=C(C#N)C#N)c(F)c1F. The highest BCUT2D eigenvalue weighted by Gasteiger charge is 2.27. The molecule has 424 valence electrons. The van der Waals surface area contributed by atoms with Crippen LogP contribution in [0.3, 0.4) is 0 Å². The zero-order chi connectivity index (χ0) is 61.3. The van der Waals surface area contributed by atoms with E-state index in [9.17, 15) is 17.6 Å². The van der Waals surface area contributed by atoms with Crippen molar-refractivity contribution in [3.05, 3.63) is 321 Å². The maximum atomic E-state index is 13.6. The highest BCUT2D eigenvalue weighted by molar-refractivity contribution is 5.86. The third-order valence-corrected chi connectivity index (χ3v) is 15.8. The largest absolute Gasteiger partial charge is 0.532 e. The highest BCUT2D eigenvalue weighted by atomic mass is 19.2. The van der Waals surface area contributed by atoms with E-state index in [4.69, 9.17) is 23.7 Å². The zero-order valence-corrected chi connectivity index (χ0v) is 48.1. The van der Waals surface area contributed by atoms with Crippen LogP contribution in [-0.2, 0) is 12.8 Å². The minimum absolute atomic E-state index is 1.04. The van der Waals surface area contributed by atoms with Crippen molar-refractivity contribution in [1.29, 1.82) is 10.5 Å². The van der Waals surface area contributed by atoms with Gasteiger partial charge in [-0.25, -0.2) is 17.6 Å². The van der Waals surface area contributed by atoms with Gasteiger partial charge in [-0.2, -0.15) is 20.2 Å². The summed E-state index contributed by atoms with van der Waals surface area (Å²) in [5, 5.41) is 14.0. The molecule has 0 heterocycles. The van der Waals surface area contributed by atoms with E-state index in [1.807, 2.05) is 0 Å². The molecule has 10 heteroatoms. The third kappa shape index (κ3) is 12.1. The van der Waals surface area contributed by atoms with Gasteiger partial charge in [0.2, 0.25) is 0 Å². The number of benzene rings is 11. The molecule has 1 aliphatic carbocycles. The van der Waals surface area contributed by atoms with Crippen LogP contribution in [-0.4, -0.2) is 0 Å². The van der Waals surface area contributed by atoms with Crippen LogP contribution in [0, 0.1) is 72.9 Å². The topological polar surface area (TPSA) is 62.8 Å². The van der Waals surface area contributed by atoms with Gasteiger partial charge in [-0.05, 0) is 173 Å². The van der Waals surface area contributed by atoms with E-state index in [2.05, 4.69) is 276 Å². The van der Waals surface area contributed by atoms with Gasteiger partial charge in [0.25, 0.3) is 0 Å². The Balaban J connectivity index is 0.000000343. The molecule has 0 bridgehead atoms. The fourth-order valence-corrected chi connectivity index (χ4v) is 11.3. The summed E-state index contributed by atoms with van der Waals surface area (Å²) in [6.45, 7) is 17.3. The summed E-state index contributed by atoms with van der Waals surface area (Å²) in [7, 11) is 0. The first-order valence-corrected chi connectivity index (χ1v) is 28.6. The second-order valence-corrected chi connectivity index (χ2v) is 21.3. The highest BCUT2D eigenvalue weighted by Crippen LogP contribution is 2.45. The maximum absolute atomic E-state index is 13.6. The molecule has 0 spiro atoms. The summed E-state index contributed by atoms with van der Waals surface area (Å²) in [4.78, 5) is 9.77. The van der Waals surface area contributed by atoms with Gasteiger partial charge in [0.05, 0.1) is 5.22 Å². The predicted octanol–water partition coefficient (Wildman–Crippen LogP) is 19.8. The van der Waals surface area contributed by atoms with Crippen LogP contribution < -0.4 is 20.2 Å². The van der Waals surface area contributed by atoms with Gasteiger partial charge in [-0.1, -0.05) is 187 Å². The van der Waals surface area contributed by atoms with E-state index in [1.165, 1.54) is 96.4 Å². The lowest BCUT2D eigenvalue weighted by Gasteiger charge is -2.32. The van der Waals surface area contributed by atoms with Gasteiger partial charge in [-0.3, -0.25) is 0 Å². The Morgan fingerprint density at radius 2 is 0.670 bits per heavy atom. The van der Waals surface area contributed by atoms with E-state index in [0.717, 1.165) is 53.4 Å². The number of hydrogen-bond donors (Lipinski definition) is 0. The smallest absolute Gasteiger partial charge is 0.311 e. The molecule has 0 radical (unpaired) electrons. The Labute approximate surface area is 509 Å². The molecular weight excluding hydrogens is 1100 g/mol. The summed E-state index contributed by atoms with van der Waals surface area (Å²) in [6, 6.07) is 91.3. The lowest BCUT2D eigenvalue weighted by Crippen LogP contribution is -2.30. The summed E-state index contributed by atoms with van der Waals surface area (Å²) in [5.74, 6) is -9.25. The van der Waals surface area contributed by atoms with Crippen LogP contribution in [0.1, 0.15) is 35.1 Å². The Hall–Kier alpha value is -11.6. The van der Waals surface area contributed by atoms with Crippen molar-refractivity contribution in [3.63, 3.8) is 0 Å². The number of hydrogen-bond acceptors (Lipinski definition) is 4. The average molecular weight is 1150 g/mol. The zero-order valence-electron chi connectivity index (χ0n) is 48.1. The first-order valence-electron chi connectivity index (χ1n) is 28.6. The molecule has 6 nitrogen and oxygen atoms in total. The number of aryl methyl sites for hydroxylation is 2. The van der Waals surface area contributed by atoms with Crippen LogP contribution in [0.5, 0.6) is 0 Å². The number of halogens is 4. The van der Waals surface area contributed by atoms with Gasteiger partial charge in [0.15, 0.2) is 23.3 Å². The molecule has 11 aromatic rings. The molecule has 0 N–H and O–H groups in total. The maximum Gasteiger partial charge on any atom is 0.532 e. The van der Waals surface area contributed by atoms with Gasteiger partial charge >= 0.3 is 5.82 Å². The lowest BCUT2D eigenvalue weighted by molar-refractivity contribution is 0.434. The van der Waals surface area contributed by atoms with Crippen LogP contribution >= 0.6 is 0 Å². The van der Waals surface area contributed by atoms with Crippen molar-refractivity contribution >= 4 is 45.5 Å². The number of anilines is 6. The molecule has 88 heavy (non-hydrogen) atoms. The molecule has 0 amide bonds. The van der Waals surface area contributed by atoms with Crippen molar-refractivity contribution in [3.8, 4) is 67.8 Å². The van der Waals surface area contributed by atoms with Crippen molar-refractivity contribution in [2.45, 2.75) is 39.5 Å². The molecule has 0 atom stereocenters. The third-order valence-electron chi connectivity index (χ3n) is 15.8. The molecule has 1 aliphatic rings. The average Bonchev–Trinajstić information content (AvgIpc) is 1.88. The second kappa shape index (κ2) is 26.1. The van der Waals surface area contributed by atoms with E-state index < -0.39 is 45.1 Å². The van der Waals surface area contributed by atoms with Gasteiger partial charge < -0.3 is 9.80 Å². The van der Waals surface area contributed by atoms with E-state index in [1.54, 1.807) is 0 Å². The van der Waals surface area contributed by atoms with Crippen molar-refractivity contribution in [2.75, 3.05) is 9.80 Å². The molecular formula is C78H54F4N6. The molecule has 11 aromatic carbocycles. The molecule has 0 aliphatic heterocycles. The summed E-state index contributed by atoms with van der Waals surface area (Å²) >= 11 is 0. The summed E-state index contributed by atoms with van der Waals surface area (Å²) in [5.41, 5.74) is 23.5. The van der Waals surface area contributed by atoms with Gasteiger partial charge in [-0.15, -0.1) is 0 Å². The number of fused-ring (bicyclic) bond motifs is 1. The molecule has 0 saturated carbocycles. The molecule has 0 aromatic heterocycles. The fourth-order valence-electron chi connectivity index (χ4n) is 11.3. The molecule has 0 fully saturated rings. The van der Waals surface area contributed by atoms with Crippen molar-refractivity contribution < 1.29 is 17.6 Å². The Bertz CT molecular complexity index is 4520. The van der Waals surface area contributed by atoms with Crippen molar-refractivity contribution in [1.82, 2.24) is 0 Å². The van der Waals surface area contributed by atoms with Gasteiger partial charge in [0.1, 0.15) is 36.1 Å². The monoisotopic (exact) mass is 1150 g/mol. The van der Waals surface area contributed by atoms with Gasteiger partial charge in [0, 0.05) is 34.1 Å². The number of nitrogens with zero attached hydrogens (tertiary/aromatic N) is 6. The Morgan fingerprint density at radius 3 is 1.02 bits per heavy atom. The van der Waals surface area contributed by atoms with Crippen molar-refractivity contribution in [2.24, 2.45) is 0 Å². The second-order valence-electron chi connectivity index (χ2n) is 21.3. The lowest BCUT2D eigenvalue weighted by atomic mass is 9.84. The Kier molecular flexibility index (Phi) is 17.3. The van der Waals surface area contributed by atoms with E-state index in [0.29, 0.717) is 0 Å². The minimum atomic E-state index is -2.01. The number of rotatable bonds is 11. The molecule has 0 unspecified atom stereocenters. The Morgan fingerprint density at radius 1 is 0.364 bits per heavy atom. The molecule has 12 rings (SSSR count). The summed E-state index contributed by atoms with van der Waals surface area (Å²) in [6.07, 6.45) is 4.46.